The van der Waals surface area contributed by atoms with Crippen molar-refractivity contribution >= 4 is 19.8 Å². The number of likely N-dealkylation sites (N-methyl/N-ethyl adjacent to an activating group) is 1. The number of hydrogen-bond donors (Lipinski definition) is 2. The summed E-state index contributed by atoms with van der Waals surface area (Å²) in [6.45, 7) is 2.84. The Morgan fingerprint density at radius 3 is 1.74 bits per heavy atom. The van der Waals surface area contributed by atoms with Crippen LogP contribution in [0.3, 0.4) is 0 Å². The van der Waals surface area contributed by atoms with Gasteiger partial charge in [0.2, 0.25) is 0 Å². The molecule has 0 bridgehead atoms. The number of carboxylic acid groups (broad SMARTS) is 1. The Balaban J connectivity index is 4.12. The van der Waals surface area contributed by atoms with E-state index >= 15 is 0 Å². The fraction of sp³-hybridized carbons (Fsp3) is 0.929. The molecule has 10 nitrogen and oxygen atoms in total. The van der Waals surface area contributed by atoms with E-state index in [1.807, 2.05) is 21.1 Å². The van der Waals surface area contributed by atoms with Crippen LogP contribution in [0.5, 0.6) is 0 Å². The first-order valence-electron chi connectivity index (χ1n) is 14.9. The van der Waals surface area contributed by atoms with Gasteiger partial charge in [-0.25, -0.2) is 4.57 Å². The molecule has 0 amide bonds. The summed E-state index contributed by atoms with van der Waals surface area (Å²) in [4.78, 5) is 32.6. The number of ether oxygens (including phenoxy) is 2. The lowest BCUT2D eigenvalue weighted by Crippen LogP contribution is -2.37. The summed E-state index contributed by atoms with van der Waals surface area (Å²) in [6.07, 6.45) is 16.1. The molecule has 2 N–H and O–H groups in total. The first kappa shape index (κ1) is 38.0. The van der Waals surface area contributed by atoms with Gasteiger partial charge >= 0.3 is 19.8 Å². The molecule has 0 aromatic rings. The van der Waals surface area contributed by atoms with E-state index in [4.69, 9.17) is 23.6 Å². The van der Waals surface area contributed by atoms with Crippen molar-refractivity contribution < 1.29 is 47.2 Å². The quantitative estimate of drug-likeness (QED) is 0.0486. The van der Waals surface area contributed by atoms with Crippen molar-refractivity contribution in [2.24, 2.45) is 0 Å². The number of carbonyl (C=O) groups is 2. The van der Waals surface area contributed by atoms with Crippen LogP contribution >= 0.6 is 7.82 Å². The minimum Gasteiger partial charge on any atom is -0.481 e. The Labute approximate surface area is 236 Å². The molecule has 2 atom stereocenters. The predicted octanol–water partition coefficient (Wildman–Crippen LogP) is 6.10. The van der Waals surface area contributed by atoms with Gasteiger partial charge in [-0.2, -0.15) is 0 Å². The minimum absolute atomic E-state index is 0.0177. The lowest BCUT2D eigenvalue weighted by Gasteiger charge is -2.24. The molecule has 0 saturated carbocycles. The van der Waals surface area contributed by atoms with Crippen molar-refractivity contribution in [3.63, 3.8) is 0 Å². The van der Waals surface area contributed by atoms with Crippen LogP contribution in [0, 0.1) is 0 Å². The highest BCUT2D eigenvalue weighted by atomic mass is 31.2. The Kier molecular flexibility index (Phi) is 23.0. The Morgan fingerprint density at radius 2 is 1.26 bits per heavy atom. The summed E-state index contributed by atoms with van der Waals surface area (Å²) in [7, 11) is 1.44. The summed E-state index contributed by atoms with van der Waals surface area (Å²) < 4.78 is 33.6. The zero-order valence-electron chi connectivity index (χ0n) is 25.1. The van der Waals surface area contributed by atoms with Gasteiger partial charge in [0.05, 0.1) is 47.2 Å². The second-order valence-corrected chi connectivity index (χ2v) is 12.7. The standard InChI is InChI=1S/C28H56NO9P/c1-5-6-7-8-9-10-11-12-13-14-15-16-17-18-22-35-24-26(38-28(32)20-19-27(30)31)25-37-39(33,34)36-23-21-29(2,3)4/h26H,5-25H2,1-4H3,(H-,30,31,33,34)/p+1/t26-/m1/s1. The summed E-state index contributed by atoms with van der Waals surface area (Å²) in [5.41, 5.74) is 0. The van der Waals surface area contributed by atoms with Crippen LogP contribution in [-0.4, -0.2) is 86.6 Å². The fourth-order valence-electron chi connectivity index (χ4n) is 3.83. The molecule has 0 aromatic carbocycles. The topological polar surface area (TPSA) is 129 Å². The Hall–Kier alpha value is -1.03. The number of aliphatic carboxylic acids is 1. The summed E-state index contributed by atoms with van der Waals surface area (Å²) in [6, 6.07) is 0. The Bertz CT molecular complexity index is 670. The zero-order valence-corrected chi connectivity index (χ0v) is 26.0. The summed E-state index contributed by atoms with van der Waals surface area (Å²) >= 11 is 0. The molecule has 0 radical (unpaired) electrons. The fourth-order valence-corrected chi connectivity index (χ4v) is 4.57. The van der Waals surface area contributed by atoms with Crippen molar-refractivity contribution in [3.8, 4) is 0 Å². The number of esters is 1. The smallest absolute Gasteiger partial charge is 0.472 e. The molecule has 39 heavy (non-hydrogen) atoms. The highest BCUT2D eigenvalue weighted by Crippen LogP contribution is 2.43. The minimum atomic E-state index is -4.33. The van der Waals surface area contributed by atoms with Crippen molar-refractivity contribution in [2.75, 3.05) is 54.1 Å². The van der Waals surface area contributed by atoms with Gasteiger partial charge in [-0.1, -0.05) is 90.4 Å². The van der Waals surface area contributed by atoms with Gasteiger partial charge in [0, 0.05) is 6.61 Å². The number of quaternary nitrogens is 1. The van der Waals surface area contributed by atoms with Crippen LogP contribution in [0.15, 0.2) is 0 Å². The van der Waals surface area contributed by atoms with E-state index in [1.54, 1.807) is 0 Å². The molecule has 1 unspecified atom stereocenters. The molecule has 11 heteroatoms. The van der Waals surface area contributed by atoms with Gasteiger partial charge in [0.15, 0.2) is 0 Å². The molecule has 0 aromatic heterocycles. The number of rotatable bonds is 28. The molecule has 0 saturated heterocycles. The van der Waals surface area contributed by atoms with Gasteiger partial charge in [-0.15, -0.1) is 0 Å². The van der Waals surface area contributed by atoms with Gasteiger partial charge in [0.25, 0.3) is 0 Å². The molecule has 0 fully saturated rings. The number of hydrogen-bond acceptors (Lipinski definition) is 7. The monoisotopic (exact) mass is 582 g/mol. The van der Waals surface area contributed by atoms with E-state index in [1.165, 1.54) is 70.6 Å². The van der Waals surface area contributed by atoms with Crippen molar-refractivity contribution in [1.29, 1.82) is 0 Å². The lowest BCUT2D eigenvalue weighted by molar-refractivity contribution is -0.870. The second-order valence-electron chi connectivity index (χ2n) is 11.3. The first-order valence-corrected chi connectivity index (χ1v) is 16.4. The maximum Gasteiger partial charge on any atom is 0.472 e. The van der Waals surface area contributed by atoms with E-state index in [0.717, 1.165) is 19.3 Å². The number of unbranched alkanes of at least 4 members (excludes halogenated alkanes) is 13. The van der Waals surface area contributed by atoms with E-state index in [-0.39, 0.29) is 26.1 Å². The van der Waals surface area contributed by atoms with Crippen LogP contribution in [0.2, 0.25) is 0 Å². The van der Waals surface area contributed by atoms with Gasteiger partial charge < -0.3 is 24.0 Å². The van der Waals surface area contributed by atoms with Crippen LogP contribution in [-0.2, 0) is 32.7 Å². The van der Waals surface area contributed by atoms with Crippen molar-refractivity contribution in [3.05, 3.63) is 0 Å². The average molecular weight is 583 g/mol. The number of carbonyl (C=O) groups excluding carboxylic acids is 1. The maximum absolute atomic E-state index is 12.2. The summed E-state index contributed by atoms with van der Waals surface area (Å²) in [5, 5.41) is 8.76. The highest BCUT2D eigenvalue weighted by Gasteiger charge is 2.26. The molecule has 0 aliphatic heterocycles. The van der Waals surface area contributed by atoms with Crippen LogP contribution in [0.4, 0.5) is 0 Å². The van der Waals surface area contributed by atoms with Gasteiger partial charge in [-0.05, 0) is 6.42 Å². The average Bonchev–Trinajstić information content (AvgIpc) is 2.84. The number of phosphoric ester groups is 1. The van der Waals surface area contributed by atoms with Crippen LogP contribution in [0.25, 0.3) is 0 Å². The number of phosphoric acid groups is 1. The highest BCUT2D eigenvalue weighted by molar-refractivity contribution is 7.47. The van der Waals surface area contributed by atoms with Crippen molar-refractivity contribution in [2.45, 2.75) is 116 Å². The normalized spacial score (nSPS) is 14.2. The molecule has 0 spiro atoms. The van der Waals surface area contributed by atoms with E-state index in [2.05, 4.69) is 6.92 Å². The third-order valence-electron chi connectivity index (χ3n) is 6.23. The second kappa shape index (κ2) is 23.7. The lowest BCUT2D eigenvalue weighted by atomic mass is 10.0. The maximum atomic E-state index is 12.2. The Morgan fingerprint density at radius 1 is 0.744 bits per heavy atom. The predicted molar refractivity (Wildman–Crippen MR) is 153 cm³/mol. The molecule has 232 valence electrons. The van der Waals surface area contributed by atoms with Crippen LogP contribution in [0.1, 0.15) is 110 Å². The zero-order chi connectivity index (χ0) is 29.4. The molecule has 0 rings (SSSR count). The third kappa shape index (κ3) is 28.3. The van der Waals surface area contributed by atoms with Crippen LogP contribution < -0.4 is 0 Å². The van der Waals surface area contributed by atoms with E-state index in [0.29, 0.717) is 17.6 Å². The van der Waals surface area contributed by atoms with Crippen molar-refractivity contribution in [1.82, 2.24) is 0 Å². The number of carboxylic acids is 1. The van der Waals surface area contributed by atoms with E-state index in [9.17, 15) is 19.0 Å². The molecule has 0 aliphatic carbocycles. The molecular formula is C28H57NO9P+. The van der Waals surface area contributed by atoms with Gasteiger partial charge in [-0.3, -0.25) is 18.6 Å². The third-order valence-corrected chi connectivity index (χ3v) is 7.21. The summed E-state index contributed by atoms with van der Waals surface area (Å²) in [5.74, 6) is -1.84. The molecule has 0 aliphatic rings. The van der Waals surface area contributed by atoms with Gasteiger partial charge in [0.1, 0.15) is 19.3 Å². The molecular weight excluding hydrogens is 525 g/mol. The SMILES string of the molecule is CCCCCCCCCCCCCCCCOC[C@H](COP(=O)(O)OCC[N+](C)(C)C)OC(=O)CCC(=O)O. The van der Waals surface area contributed by atoms with E-state index < -0.39 is 32.5 Å². The number of nitrogens with zero attached hydrogens (tertiary/aromatic N) is 1. The largest absolute Gasteiger partial charge is 0.481 e. The molecule has 0 heterocycles. The first-order chi connectivity index (χ1) is 18.4.